The summed E-state index contributed by atoms with van der Waals surface area (Å²) in [4.78, 5) is 15.1. The van der Waals surface area contributed by atoms with Crippen molar-refractivity contribution in [2.24, 2.45) is 34.5 Å². The Hall–Kier alpha value is -0.770. The first-order valence-corrected chi connectivity index (χ1v) is 13.6. The standard InChI is InChI=1S/C27H41NO7/c1-6-28-12-24(13-30-3)8-7-20(32-5)27-17-9-16-18(31-4)10-25(21(17)22(16)35-15(2)29)26(23(27)28,11-19(24)27)34-14-33-25/h16-23H,6-14H2,1-5H3. The zero-order valence-electron chi connectivity index (χ0n) is 21.8. The van der Waals surface area contributed by atoms with E-state index in [9.17, 15) is 4.79 Å². The lowest BCUT2D eigenvalue weighted by Gasteiger charge is -2.70. The van der Waals surface area contributed by atoms with Crippen LogP contribution in [0.5, 0.6) is 0 Å². The molecule has 2 saturated heterocycles. The lowest BCUT2D eigenvalue weighted by molar-refractivity contribution is -0.286. The number of piperidine rings is 1. The highest BCUT2D eigenvalue weighted by atomic mass is 16.7. The van der Waals surface area contributed by atoms with E-state index in [1.807, 2.05) is 14.2 Å². The van der Waals surface area contributed by atoms with Crippen LogP contribution in [0.25, 0.3) is 0 Å². The minimum Gasteiger partial charge on any atom is -0.462 e. The van der Waals surface area contributed by atoms with E-state index in [0.29, 0.717) is 18.6 Å². The summed E-state index contributed by atoms with van der Waals surface area (Å²) >= 11 is 0. The van der Waals surface area contributed by atoms with E-state index in [2.05, 4.69) is 11.8 Å². The molecule has 0 N–H and O–H groups in total. The number of methoxy groups -OCH3 is 3. The van der Waals surface area contributed by atoms with Gasteiger partial charge in [-0.15, -0.1) is 0 Å². The maximum Gasteiger partial charge on any atom is 0.302 e. The first-order valence-electron chi connectivity index (χ1n) is 13.6. The zero-order chi connectivity index (χ0) is 24.4. The predicted molar refractivity (Wildman–Crippen MR) is 124 cm³/mol. The number of likely N-dealkylation sites (N-methyl/N-ethyl adjacent to an activating group) is 1. The fourth-order valence-electron chi connectivity index (χ4n) is 11.7. The molecule has 7 rings (SSSR count). The molecule has 0 radical (unpaired) electrons. The number of carbonyl (C=O) groups excluding carboxylic acids is 1. The summed E-state index contributed by atoms with van der Waals surface area (Å²) in [6, 6.07) is 0.219. The number of carbonyl (C=O) groups is 1. The molecule has 8 nitrogen and oxygen atoms in total. The van der Waals surface area contributed by atoms with Gasteiger partial charge >= 0.3 is 5.97 Å². The quantitative estimate of drug-likeness (QED) is 0.524. The van der Waals surface area contributed by atoms with Gasteiger partial charge in [0.15, 0.2) is 0 Å². The second-order valence-electron chi connectivity index (χ2n) is 12.6. The first-order chi connectivity index (χ1) is 16.9. The predicted octanol–water partition coefficient (Wildman–Crippen LogP) is 2.24. The van der Waals surface area contributed by atoms with Gasteiger partial charge in [0.1, 0.15) is 24.1 Å². The Morgan fingerprint density at radius 1 is 1.11 bits per heavy atom. The van der Waals surface area contributed by atoms with E-state index in [-0.39, 0.29) is 53.0 Å². The molecule has 0 aromatic carbocycles. The van der Waals surface area contributed by atoms with Crippen LogP contribution >= 0.6 is 0 Å². The number of fused-ring (bicyclic) bond motifs is 1. The van der Waals surface area contributed by atoms with Crippen LogP contribution in [0.3, 0.4) is 0 Å². The van der Waals surface area contributed by atoms with Gasteiger partial charge in [-0.25, -0.2) is 0 Å². The average Bonchev–Trinajstić information content (AvgIpc) is 3.40. The van der Waals surface area contributed by atoms with Crippen LogP contribution in [-0.4, -0.2) is 94.2 Å². The third-order valence-electron chi connectivity index (χ3n) is 12.1. The Morgan fingerprint density at radius 2 is 1.91 bits per heavy atom. The van der Waals surface area contributed by atoms with Crippen LogP contribution in [0.2, 0.25) is 0 Å². The van der Waals surface area contributed by atoms with Gasteiger partial charge in [-0.05, 0) is 44.1 Å². The SMILES string of the molecule is CCN1CC2(COC)CCC(OC)C34C5CC6C(OC)CC7(OCOC7(CC23)C14)C5C6OC(C)=O. The summed E-state index contributed by atoms with van der Waals surface area (Å²) in [6.45, 7) is 6.87. The molecule has 7 aliphatic rings. The smallest absolute Gasteiger partial charge is 0.302 e. The third-order valence-corrected chi connectivity index (χ3v) is 12.1. The Kier molecular flexibility index (Phi) is 4.95. The second kappa shape index (κ2) is 7.41. The van der Waals surface area contributed by atoms with Crippen molar-refractivity contribution in [2.75, 3.05) is 47.8 Å². The largest absolute Gasteiger partial charge is 0.462 e. The number of rotatable bonds is 6. The van der Waals surface area contributed by atoms with Crippen LogP contribution in [0.4, 0.5) is 0 Å². The van der Waals surface area contributed by atoms with Gasteiger partial charge in [-0.1, -0.05) is 6.92 Å². The molecule has 196 valence electrons. The Bertz CT molecular complexity index is 916. The molecule has 3 spiro atoms. The van der Waals surface area contributed by atoms with Crippen LogP contribution in [-0.2, 0) is 33.2 Å². The fourth-order valence-corrected chi connectivity index (χ4v) is 11.7. The van der Waals surface area contributed by atoms with E-state index < -0.39 is 11.2 Å². The minimum absolute atomic E-state index is 0.0156. The van der Waals surface area contributed by atoms with Gasteiger partial charge in [-0.3, -0.25) is 9.69 Å². The van der Waals surface area contributed by atoms with Gasteiger partial charge in [0, 0.05) is 63.9 Å². The zero-order valence-corrected chi connectivity index (χ0v) is 21.8. The molecule has 5 aliphatic carbocycles. The van der Waals surface area contributed by atoms with E-state index in [1.165, 1.54) is 6.92 Å². The molecule has 7 fully saturated rings. The van der Waals surface area contributed by atoms with Crippen molar-refractivity contribution in [3.63, 3.8) is 0 Å². The number of nitrogens with zero attached hydrogens (tertiary/aromatic N) is 1. The summed E-state index contributed by atoms with van der Waals surface area (Å²) in [5, 5.41) is 0. The van der Waals surface area contributed by atoms with Gasteiger partial charge in [0.25, 0.3) is 0 Å². The molecule has 35 heavy (non-hydrogen) atoms. The van der Waals surface area contributed by atoms with Gasteiger partial charge in [0.2, 0.25) is 0 Å². The van der Waals surface area contributed by atoms with E-state index in [1.54, 1.807) is 7.11 Å². The normalized spacial score (nSPS) is 57.3. The molecular formula is C27H41NO7. The molecule has 7 bridgehead atoms. The Morgan fingerprint density at radius 3 is 2.60 bits per heavy atom. The number of hydrogen-bond acceptors (Lipinski definition) is 8. The summed E-state index contributed by atoms with van der Waals surface area (Å²) in [6.07, 6.45) is 4.80. The maximum absolute atomic E-state index is 12.4. The highest BCUT2D eigenvalue weighted by Gasteiger charge is 2.91. The molecular weight excluding hydrogens is 450 g/mol. The molecule has 0 aromatic rings. The number of hydrogen-bond donors (Lipinski definition) is 0. The van der Waals surface area contributed by atoms with Crippen LogP contribution in [0, 0.1) is 34.5 Å². The summed E-state index contributed by atoms with van der Waals surface area (Å²) in [7, 11) is 5.55. The molecule has 0 amide bonds. The Labute approximate surface area is 208 Å². The van der Waals surface area contributed by atoms with Gasteiger partial charge in [0.05, 0.1) is 24.9 Å². The monoisotopic (exact) mass is 491 g/mol. The van der Waals surface area contributed by atoms with Gasteiger partial charge < -0.3 is 28.4 Å². The highest BCUT2D eigenvalue weighted by molar-refractivity contribution is 5.66. The topological polar surface area (TPSA) is 75.7 Å². The molecule has 0 aromatic heterocycles. The molecule has 5 saturated carbocycles. The molecule has 8 heteroatoms. The van der Waals surface area contributed by atoms with E-state index in [0.717, 1.165) is 51.8 Å². The van der Waals surface area contributed by atoms with E-state index in [4.69, 9.17) is 28.4 Å². The van der Waals surface area contributed by atoms with Crippen LogP contribution in [0.1, 0.15) is 46.0 Å². The fraction of sp³-hybridized carbons (Fsp3) is 0.963. The van der Waals surface area contributed by atoms with Crippen molar-refractivity contribution in [2.45, 2.75) is 81.5 Å². The summed E-state index contributed by atoms with van der Waals surface area (Å²) < 4.78 is 38.5. The van der Waals surface area contributed by atoms with Crippen molar-refractivity contribution in [3.05, 3.63) is 0 Å². The van der Waals surface area contributed by atoms with Crippen molar-refractivity contribution >= 4 is 5.97 Å². The highest BCUT2D eigenvalue weighted by Crippen LogP contribution is 2.82. The third kappa shape index (κ3) is 2.36. The second-order valence-corrected chi connectivity index (χ2v) is 12.6. The van der Waals surface area contributed by atoms with E-state index >= 15 is 0 Å². The molecule has 12 unspecified atom stereocenters. The lowest BCUT2D eigenvalue weighted by atomic mass is 9.42. The van der Waals surface area contributed by atoms with Crippen LogP contribution < -0.4 is 0 Å². The number of ether oxygens (including phenoxy) is 6. The molecule has 2 heterocycles. The minimum atomic E-state index is -0.520. The summed E-state index contributed by atoms with van der Waals surface area (Å²) in [5.41, 5.74) is -0.998. The number of esters is 1. The van der Waals surface area contributed by atoms with Crippen molar-refractivity contribution in [1.82, 2.24) is 4.90 Å². The van der Waals surface area contributed by atoms with Crippen LogP contribution in [0.15, 0.2) is 0 Å². The lowest BCUT2D eigenvalue weighted by Crippen LogP contribution is -2.80. The summed E-state index contributed by atoms with van der Waals surface area (Å²) in [5.74, 6) is 0.798. The molecule has 2 aliphatic heterocycles. The average molecular weight is 492 g/mol. The van der Waals surface area contributed by atoms with Gasteiger partial charge in [-0.2, -0.15) is 0 Å². The maximum atomic E-state index is 12.4. The van der Waals surface area contributed by atoms with Crippen molar-refractivity contribution < 1.29 is 33.2 Å². The first kappa shape index (κ1) is 23.4. The molecule has 12 atom stereocenters. The Balaban J connectivity index is 1.50. The van der Waals surface area contributed by atoms with Crippen molar-refractivity contribution in [3.8, 4) is 0 Å². The van der Waals surface area contributed by atoms with Crippen molar-refractivity contribution in [1.29, 1.82) is 0 Å². The number of likely N-dealkylation sites (tertiary alicyclic amines) is 1.